The first-order valence-corrected chi connectivity index (χ1v) is 8.32. The fourth-order valence-corrected chi connectivity index (χ4v) is 3.61. The van der Waals surface area contributed by atoms with Gasteiger partial charge in [0.1, 0.15) is 0 Å². The molecule has 1 aromatic carbocycles. The van der Waals surface area contributed by atoms with Crippen LogP contribution in [0.5, 0.6) is 0 Å². The standard InChI is InChI=1S/C15H20ClNOS/c1-12-6-4-5-9-17(12)15(18)11-19-10-13-7-2-3-8-14(13)16/h2-3,7-8,12H,4-6,9-11H2,1H3. The first-order chi connectivity index (χ1) is 9.18. The monoisotopic (exact) mass is 297 g/mol. The predicted octanol–water partition coefficient (Wildman–Crippen LogP) is 3.97. The maximum absolute atomic E-state index is 12.2. The molecule has 0 saturated carbocycles. The lowest BCUT2D eigenvalue weighted by Gasteiger charge is -2.33. The van der Waals surface area contributed by atoms with Crippen LogP contribution in [0.2, 0.25) is 5.02 Å². The molecule has 104 valence electrons. The van der Waals surface area contributed by atoms with Crippen molar-refractivity contribution < 1.29 is 4.79 Å². The second kappa shape index (κ2) is 7.20. The summed E-state index contributed by atoms with van der Waals surface area (Å²) in [6.45, 7) is 3.07. The van der Waals surface area contributed by atoms with Crippen molar-refractivity contribution in [2.75, 3.05) is 12.3 Å². The van der Waals surface area contributed by atoms with E-state index in [1.807, 2.05) is 29.2 Å². The summed E-state index contributed by atoms with van der Waals surface area (Å²) < 4.78 is 0. The molecule has 1 saturated heterocycles. The Morgan fingerprint density at radius 2 is 2.21 bits per heavy atom. The van der Waals surface area contributed by atoms with E-state index in [0.717, 1.165) is 35.7 Å². The van der Waals surface area contributed by atoms with Crippen molar-refractivity contribution in [3.63, 3.8) is 0 Å². The SMILES string of the molecule is CC1CCCCN1C(=O)CSCc1ccccc1Cl. The van der Waals surface area contributed by atoms with Crippen LogP contribution in [-0.4, -0.2) is 29.1 Å². The Hall–Kier alpha value is -0.670. The van der Waals surface area contributed by atoms with Crippen molar-refractivity contribution in [2.24, 2.45) is 0 Å². The minimum absolute atomic E-state index is 0.268. The van der Waals surface area contributed by atoms with E-state index in [2.05, 4.69) is 6.92 Å². The van der Waals surface area contributed by atoms with Crippen LogP contribution in [0.1, 0.15) is 31.7 Å². The van der Waals surface area contributed by atoms with E-state index in [4.69, 9.17) is 11.6 Å². The van der Waals surface area contributed by atoms with Gasteiger partial charge in [-0.25, -0.2) is 0 Å². The number of nitrogens with zero attached hydrogens (tertiary/aromatic N) is 1. The van der Waals surface area contributed by atoms with Crippen LogP contribution in [0.15, 0.2) is 24.3 Å². The van der Waals surface area contributed by atoms with Gasteiger partial charge in [-0.15, -0.1) is 11.8 Å². The fourth-order valence-electron chi connectivity index (χ4n) is 2.42. The summed E-state index contributed by atoms with van der Waals surface area (Å²) in [5, 5.41) is 0.786. The van der Waals surface area contributed by atoms with Crippen LogP contribution in [0, 0.1) is 0 Å². The first kappa shape index (κ1) is 14.7. The molecule has 1 atom stereocenters. The summed E-state index contributed by atoms with van der Waals surface area (Å²) in [6.07, 6.45) is 3.53. The third-order valence-corrected chi connectivity index (χ3v) is 4.90. The van der Waals surface area contributed by atoms with Crippen LogP contribution >= 0.6 is 23.4 Å². The molecule has 1 unspecified atom stereocenters. The maximum Gasteiger partial charge on any atom is 0.232 e. The van der Waals surface area contributed by atoms with Crippen LogP contribution in [0.4, 0.5) is 0 Å². The van der Waals surface area contributed by atoms with E-state index < -0.39 is 0 Å². The smallest absolute Gasteiger partial charge is 0.232 e. The van der Waals surface area contributed by atoms with Crippen molar-refractivity contribution in [3.05, 3.63) is 34.9 Å². The number of hydrogen-bond acceptors (Lipinski definition) is 2. The molecule has 2 nitrogen and oxygen atoms in total. The zero-order valence-corrected chi connectivity index (χ0v) is 12.8. The lowest BCUT2D eigenvalue weighted by Crippen LogP contribution is -2.42. The van der Waals surface area contributed by atoms with Crippen molar-refractivity contribution in [1.29, 1.82) is 0 Å². The lowest BCUT2D eigenvalue weighted by molar-refractivity contribution is -0.131. The van der Waals surface area contributed by atoms with E-state index in [9.17, 15) is 4.79 Å². The van der Waals surface area contributed by atoms with E-state index in [1.54, 1.807) is 11.8 Å². The van der Waals surface area contributed by atoms with E-state index in [0.29, 0.717) is 11.8 Å². The highest BCUT2D eigenvalue weighted by Crippen LogP contribution is 2.22. The summed E-state index contributed by atoms with van der Waals surface area (Å²) in [4.78, 5) is 14.2. The number of benzene rings is 1. The molecule has 0 aliphatic carbocycles. The summed E-state index contributed by atoms with van der Waals surface area (Å²) in [5.41, 5.74) is 1.11. The molecule has 1 fully saturated rings. The van der Waals surface area contributed by atoms with Crippen molar-refractivity contribution in [3.8, 4) is 0 Å². The van der Waals surface area contributed by atoms with Gasteiger partial charge in [-0.05, 0) is 37.8 Å². The number of piperidine rings is 1. The van der Waals surface area contributed by atoms with Gasteiger partial charge in [0.05, 0.1) is 5.75 Å². The number of hydrogen-bond donors (Lipinski definition) is 0. The van der Waals surface area contributed by atoms with Crippen molar-refractivity contribution in [1.82, 2.24) is 4.90 Å². The summed E-state index contributed by atoms with van der Waals surface area (Å²) in [5.74, 6) is 1.62. The molecular formula is C15H20ClNOS. The predicted molar refractivity (Wildman–Crippen MR) is 82.6 cm³/mol. The second-order valence-corrected chi connectivity index (χ2v) is 6.41. The van der Waals surface area contributed by atoms with Gasteiger partial charge in [0.15, 0.2) is 0 Å². The maximum atomic E-state index is 12.2. The number of halogens is 1. The highest BCUT2D eigenvalue weighted by atomic mass is 35.5. The molecule has 1 aromatic rings. The van der Waals surface area contributed by atoms with Gasteiger partial charge in [0.25, 0.3) is 0 Å². The largest absolute Gasteiger partial charge is 0.339 e. The van der Waals surface area contributed by atoms with Gasteiger partial charge >= 0.3 is 0 Å². The average molecular weight is 298 g/mol. The van der Waals surface area contributed by atoms with Gasteiger partial charge < -0.3 is 4.90 Å². The van der Waals surface area contributed by atoms with Crippen LogP contribution < -0.4 is 0 Å². The Bertz CT molecular complexity index is 438. The summed E-state index contributed by atoms with van der Waals surface area (Å²) >= 11 is 7.75. The number of rotatable bonds is 4. The topological polar surface area (TPSA) is 20.3 Å². The average Bonchev–Trinajstić information content (AvgIpc) is 2.41. The molecule has 0 radical (unpaired) electrons. The third-order valence-electron chi connectivity index (χ3n) is 3.56. The number of carbonyl (C=O) groups excluding carboxylic acids is 1. The lowest BCUT2D eigenvalue weighted by atomic mass is 10.0. The molecule has 19 heavy (non-hydrogen) atoms. The molecule has 2 rings (SSSR count). The molecule has 0 aromatic heterocycles. The highest BCUT2D eigenvalue weighted by Gasteiger charge is 2.22. The van der Waals surface area contributed by atoms with Gasteiger partial charge in [-0.2, -0.15) is 0 Å². The van der Waals surface area contributed by atoms with E-state index in [1.165, 1.54) is 6.42 Å². The summed E-state index contributed by atoms with van der Waals surface area (Å²) in [7, 11) is 0. The molecule has 0 bridgehead atoms. The Morgan fingerprint density at radius 1 is 1.42 bits per heavy atom. The van der Waals surface area contributed by atoms with E-state index >= 15 is 0 Å². The molecule has 1 amide bonds. The first-order valence-electron chi connectivity index (χ1n) is 6.79. The number of thioether (sulfide) groups is 1. The Kier molecular flexibility index (Phi) is 5.59. The molecule has 0 N–H and O–H groups in total. The quantitative estimate of drug-likeness (QED) is 0.838. The molecular weight excluding hydrogens is 278 g/mol. The molecule has 1 aliphatic rings. The van der Waals surface area contributed by atoms with Crippen LogP contribution in [0.3, 0.4) is 0 Å². The minimum atomic E-state index is 0.268. The van der Waals surface area contributed by atoms with Gasteiger partial charge in [0, 0.05) is 23.4 Å². The Labute approximate surface area is 124 Å². The zero-order chi connectivity index (χ0) is 13.7. The molecule has 0 spiro atoms. The normalized spacial score (nSPS) is 19.5. The second-order valence-electron chi connectivity index (χ2n) is 5.02. The fraction of sp³-hybridized carbons (Fsp3) is 0.533. The summed E-state index contributed by atoms with van der Waals surface area (Å²) in [6, 6.07) is 8.23. The molecule has 1 aliphatic heterocycles. The zero-order valence-electron chi connectivity index (χ0n) is 11.3. The Balaban J connectivity index is 1.79. The molecule has 1 heterocycles. The number of carbonyl (C=O) groups is 1. The molecule has 4 heteroatoms. The van der Waals surface area contributed by atoms with Crippen molar-refractivity contribution >= 4 is 29.3 Å². The van der Waals surface area contributed by atoms with Crippen LogP contribution in [0.25, 0.3) is 0 Å². The number of amides is 1. The third kappa shape index (κ3) is 4.15. The van der Waals surface area contributed by atoms with E-state index in [-0.39, 0.29) is 5.91 Å². The van der Waals surface area contributed by atoms with Gasteiger partial charge in [0.2, 0.25) is 5.91 Å². The highest BCUT2D eigenvalue weighted by molar-refractivity contribution is 7.99. The number of likely N-dealkylation sites (tertiary alicyclic amines) is 1. The minimum Gasteiger partial charge on any atom is -0.339 e. The van der Waals surface area contributed by atoms with Crippen LogP contribution in [-0.2, 0) is 10.5 Å². The Morgan fingerprint density at radius 3 is 2.95 bits per heavy atom. The van der Waals surface area contributed by atoms with Crippen molar-refractivity contribution in [2.45, 2.75) is 38.0 Å². The van der Waals surface area contributed by atoms with Gasteiger partial charge in [-0.1, -0.05) is 29.8 Å². The van der Waals surface area contributed by atoms with Gasteiger partial charge in [-0.3, -0.25) is 4.79 Å².